The molecule has 2 unspecified atom stereocenters. The molecule has 0 spiro atoms. The Labute approximate surface area is 323 Å². The van der Waals surface area contributed by atoms with Gasteiger partial charge < -0.3 is 15.3 Å². The van der Waals surface area contributed by atoms with E-state index in [1.807, 2.05) is 0 Å². The van der Waals surface area contributed by atoms with Crippen molar-refractivity contribution < 1.29 is 24.9 Å². The first-order valence-corrected chi connectivity index (χ1v) is 22.8. The largest absolute Gasteiger partial charge is 0.393 e. The number of Topliss-reactive ketones (excluding diaryl/α,β-unsaturated/α-hetero) is 2. The molecule has 2 atom stereocenters. The molecule has 0 bridgehead atoms. The molecule has 0 rings (SSSR count). The van der Waals surface area contributed by atoms with Crippen molar-refractivity contribution in [2.45, 2.75) is 257 Å². The van der Waals surface area contributed by atoms with Gasteiger partial charge in [-0.25, -0.2) is 0 Å². The number of aliphatic hydroxyl groups is 3. The molecule has 306 valence electrons. The van der Waals surface area contributed by atoms with Gasteiger partial charge in [-0.15, -0.1) is 0 Å². The summed E-state index contributed by atoms with van der Waals surface area (Å²) in [6.45, 7) is 3.60. The van der Waals surface area contributed by atoms with Crippen molar-refractivity contribution in [1.29, 1.82) is 0 Å². The quantitative estimate of drug-likeness (QED) is 0.0429. The van der Waals surface area contributed by atoms with E-state index in [2.05, 4.69) is 38.2 Å². The summed E-state index contributed by atoms with van der Waals surface area (Å²) in [6, 6.07) is 0. The van der Waals surface area contributed by atoms with E-state index < -0.39 is 29.9 Å². The van der Waals surface area contributed by atoms with Crippen LogP contribution in [-0.2, 0) is 9.59 Å². The van der Waals surface area contributed by atoms with E-state index in [-0.39, 0.29) is 12.8 Å². The number of rotatable bonds is 42. The lowest BCUT2D eigenvalue weighted by Gasteiger charge is -2.29. The fraction of sp³-hybridized carbons (Fsp3) is 0.872. The number of allylic oxidation sites excluding steroid dienone is 4. The summed E-state index contributed by atoms with van der Waals surface area (Å²) < 4.78 is 0. The molecule has 0 aliphatic carbocycles. The lowest BCUT2D eigenvalue weighted by Crippen LogP contribution is -2.55. The van der Waals surface area contributed by atoms with E-state index in [1.165, 1.54) is 167 Å². The molecule has 52 heavy (non-hydrogen) atoms. The van der Waals surface area contributed by atoms with Gasteiger partial charge in [-0.1, -0.05) is 192 Å². The van der Waals surface area contributed by atoms with Gasteiger partial charge in [0.25, 0.3) is 0 Å². The molecule has 0 radical (unpaired) electrons. The van der Waals surface area contributed by atoms with Crippen molar-refractivity contribution in [2.75, 3.05) is 6.61 Å². The van der Waals surface area contributed by atoms with Crippen LogP contribution in [0.1, 0.15) is 245 Å². The molecule has 0 aromatic rings. The highest BCUT2D eigenvalue weighted by atomic mass is 16.4. The van der Waals surface area contributed by atoms with Crippen LogP contribution in [0.4, 0.5) is 0 Å². The molecule has 0 saturated carbocycles. The Morgan fingerprint density at radius 1 is 0.442 bits per heavy atom. The Balaban J connectivity index is 3.75. The van der Waals surface area contributed by atoms with Crippen LogP contribution >= 0.6 is 0 Å². The van der Waals surface area contributed by atoms with E-state index in [4.69, 9.17) is 0 Å². The van der Waals surface area contributed by atoms with Crippen molar-refractivity contribution >= 4 is 11.6 Å². The predicted molar refractivity (Wildman–Crippen MR) is 224 cm³/mol. The minimum absolute atomic E-state index is 0.0731. The van der Waals surface area contributed by atoms with E-state index in [0.29, 0.717) is 12.8 Å². The van der Waals surface area contributed by atoms with Gasteiger partial charge in [-0.2, -0.15) is 0 Å². The van der Waals surface area contributed by atoms with Crippen LogP contribution < -0.4 is 0 Å². The number of carbonyl (C=O) groups is 2. The van der Waals surface area contributed by atoms with Gasteiger partial charge in [0, 0.05) is 12.8 Å². The highest BCUT2D eigenvalue weighted by molar-refractivity contribution is 5.96. The van der Waals surface area contributed by atoms with Gasteiger partial charge in [0.05, 0.1) is 6.61 Å². The molecule has 0 amide bonds. The molecular formula is C47H88O5. The zero-order valence-electron chi connectivity index (χ0n) is 34.7. The highest BCUT2D eigenvalue weighted by Crippen LogP contribution is 2.21. The number of hydrogen-bond acceptors (Lipinski definition) is 5. The fourth-order valence-corrected chi connectivity index (χ4v) is 7.09. The number of aliphatic hydroxyl groups excluding tert-OH is 2. The normalized spacial score (nSPS) is 13.7. The molecular weight excluding hydrogens is 645 g/mol. The molecule has 0 aliphatic rings. The Hall–Kier alpha value is -1.30. The lowest BCUT2D eigenvalue weighted by molar-refractivity contribution is -0.165. The first kappa shape index (κ1) is 50.7. The van der Waals surface area contributed by atoms with Crippen LogP contribution in [0, 0.1) is 0 Å². The minimum Gasteiger partial charge on any atom is -0.393 e. The zero-order chi connectivity index (χ0) is 38.2. The molecule has 5 heteroatoms. The second kappa shape index (κ2) is 39.4. The Morgan fingerprint density at radius 3 is 1.02 bits per heavy atom. The summed E-state index contributed by atoms with van der Waals surface area (Å²) in [5.74, 6) is -1.17. The maximum absolute atomic E-state index is 12.7. The van der Waals surface area contributed by atoms with Crippen LogP contribution in [0.25, 0.3) is 0 Å². The van der Waals surface area contributed by atoms with Crippen LogP contribution in [0.5, 0.6) is 0 Å². The molecule has 0 heterocycles. The number of carbonyl (C=O) groups excluding carboxylic acids is 2. The maximum atomic E-state index is 12.7. The monoisotopic (exact) mass is 733 g/mol. The molecule has 0 aromatic carbocycles. The average molecular weight is 733 g/mol. The van der Waals surface area contributed by atoms with Crippen LogP contribution in [0.3, 0.4) is 0 Å². The predicted octanol–water partition coefficient (Wildman–Crippen LogP) is 13.4. The van der Waals surface area contributed by atoms with Crippen molar-refractivity contribution in [3.63, 3.8) is 0 Å². The third kappa shape index (κ3) is 31.1. The van der Waals surface area contributed by atoms with Gasteiger partial charge in [0.1, 0.15) is 0 Å². The summed E-state index contributed by atoms with van der Waals surface area (Å²) in [4.78, 5) is 25.3. The maximum Gasteiger partial charge on any atom is 0.178 e. The average Bonchev–Trinajstić information content (AvgIpc) is 3.15. The second-order valence-electron chi connectivity index (χ2n) is 15.9. The summed E-state index contributed by atoms with van der Waals surface area (Å²) in [6.07, 6.45) is 49.0. The number of ketones is 2. The topological polar surface area (TPSA) is 94.8 Å². The van der Waals surface area contributed by atoms with Gasteiger partial charge in [0.2, 0.25) is 0 Å². The Bertz CT molecular complexity index is 836. The molecule has 0 saturated heterocycles. The zero-order valence-corrected chi connectivity index (χ0v) is 34.7. The van der Waals surface area contributed by atoms with Crippen LogP contribution in [-0.4, -0.2) is 45.2 Å². The smallest absolute Gasteiger partial charge is 0.178 e. The van der Waals surface area contributed by atoms with E-state index >= 15 is 0 Å². The standard InChI is InChI=1S/C47H88O5/c1-3-5-7-9-11-13-15-17-19-21-23-25-27-29-31-33-35-37-39-41-44(49)46(51)47(52,43-48)45(50)42-40-38-36-34-32-30-28-26-24-22-20-18-16-14-12-10-8-6-4-2/h17-20,46,48,51-52H,3-16,21-43H2,1-2H3. The van der Waals surface area contributed by atoms with Crippen molar-refractivity contribution in [3.05, 3.63) is 24.3 Å². The lowest BCUT2D eigenvalue weighted by atomic mass is 9.85. The van der Waals surface area contributed by atoms with Crippen LogP contribution in [0.15, 0.2) is 24.3 Å². The fourth-order valence-electron chi connectivity index (χ4n) is 7.09. The van der Waals surface area contributed by atoms with Gasteiger partial charge >= 0.3 is 0 Å². The third-order valence-corrected chi connectivity index (χ3v) is 10.8. The Kier molecular flexibility index (Phi) is 38.4. The first-order valence-electron chi connectivity index (χ1n) is 22.8. The van der Waals surface area contributed by atoms with Crippen molar-refractivity contribution in [3.8, 4) is 0 Å². The van der Waals surface area contributed by atoms with Gasteiger partial charge in [-0.05, 0) is 64.2 Å². The summed E-state index contributed by atoms with van der Waals surface area (Å²) in [5.41, 5.74) is -2.38. The number of hydrogen-bond donors (Lipinski definition) is 3. The van der Waals surface area contributed by atoms with Gasteiger partial charge in [0.15, 0.2) is 23.3 Å². The van der Waals surface area contributed by atoms with E-state index in [1.54, 1.807) is 0 Å². The molecule has 0 aliphatic heterocycles. The van der Waals surface area contributed by atoms with Crippen LogP contribution in [0.2, 0.25) is 0 Å². The SMILES string of the molecule is CCCCCCCCC=CCCCCCCCCCCCC(=O)C(O)C(O)(CO)C(=O)CCCCCCCCCCCC=CCCCCCCCC. The van der Waals surface area contributed by atoms with Crippen molar-refractivity contribution in [2.24, 2.45) is 0 Å². The minimum atomic E-state index is -2.38. The third-order valence-electron chi connectivity index (χ3n) is 10.8. The molecule has 0 aromatic heterocycles. The second-order valence-corrected chi connectivity index (χ2v) is 15.9. The molecule has 0 fully saturated rings. The Morgan fingerprint density at radius 2 is 0.712 bits per heavy atom. The van der Waals surface area contributed by atoms with Gasteiger partial charge in [-0.3, -0.25) is 9.59 Å². The van der Waals surface area contributed by atoms with E-state index in [9.17, 15) is 24.9 Å². The summed E-state index contributed by atoms with van der Waals surface area (Å²) >= 11 is 0. The highest BCUT2D eigenvalue weighted by Gasteiger charge is 2.45. The van der Waals surface area contributed by atoms with E-state index in [0.717, 1.165) is 38.5 Å². The first-order chi connectivity index (χ1) is 25.4. The summed E-state index contributed by atoms with van der Waals surface area (Å²) in [5, 5.41) is 31.1. The summed E-state index contributed by atoms with van der Waals surface area (Å²) in [7, 11) is 0. The number of unbranched alkanes of at least 4 members (excludes halogenated alkanes) is 30. The van der Waals surface area contributed by atoms with Crippen molar-refractivity contribution in [1.82, 2.24) is 0 Å². The molecule has 3 N–H and O–H groups in total. The molecule has 5 nitrogen and oxygen atoms in total.